The molecular formula is C15H22N2O2. The fourth-order valence-corrected chi connectivity index (χ4v) is 2.90. The highest BCUT2D eigenvalue weighted by atomic mass is 16.5. The summed E-state index contributed by atoms with van der Waals surface area (Å²) in [5.74, 6) is 1.46. The molecule has 1 saturated carbocycles. The number of nitrogens with zero attached hydrogens (tertiary/aromatic N) is 1. The first kappa shape index (κ1) is 12.9. The van der Waals surface area contributed by atoms with Crippen LogP contribution in [0, 0.1) is 5.92 Å². The maximum atomic E-state index is 9.61. The van der Waals surface area contributed by atoms with Crippen molar-refractivity contribution in [2.24, 2.45) is 11.7 Å². The molecule has 1 unspecified atom stereocenters. The van der Waals surface area contributed by atoms with Gasteiger partial charge >= 0.3 is 0 Å². The van der Waals surface area contributed by atoms with Gasteiger partial charge in [-0.1, -0.05) is 18.2 Å². The van der Waals surface area contributed by atoms with Crippen LogP contribution >= 0.6 is 0 Å². The molecule has 3 N–H and O–H groups in total. The number of ether oxygens (including phenoxy) is 1. The Morgan fingerprint density at radius 2 is 2.16 bits per heavy atom. The third-order valence-electron chi connectivity index (χ3n) is 4.23. The van der Waals surface area contributed by atoms with Crippen LogP contribution in [-0.2, 0) is 6.54 Å². The Morgan fingerprint density at radius 1 is 1.37 bits per heavy atom. The van der Waals surface area contributed by atoms with Crippen LogP contribution in [0.1, 0.15) is 18.4 Å². The zero-order chi connectivity index (χ0) is 13.3. The Bertz CT molecular complexity index is 448. The van der Waals surface area contributed by atoms with Crippen molar-refractivity contribution in [2.75, 3.05) is 26.3 Å². The van der Waals surface area contributed by atoms with E-state index >= 15 is 0 Å². The lowest BCUT2D eigenvalue weighted by Gasteiger charge is -2.33. The fraction of sp³-hybridized carbons (Fsp3) is 0.600. The highest BCUT2D eigenvalue weighted by Crippen LogP contribution is 2.39. The molecule has 4 heteroatoms. The molecule has 1 aliphatic carbocycles. The number of hydrogen-bond acceptors (Lipinski definition) is 4. The molecule has 1 aliphatic heterocycles. The van der Waals surface area contributed by atoms with Crippen LogP contribution < -0.4 is 10.5 Å². The van der Waals surface area contributed by atoms with Crippen LogP contribution in [0.2, 0.25) is 0 Å². The van der Waals surface area contributed by atoms with Crippen LogP contribution in [0.5, 0.6) is 5.75 Å². The van der Waals surface area contributed by atoms with Gasteiger partial charge in [-0.25, -0.2) is 0 Å². The zero-order valence-electron chi connectivity index (χ0n) is 11.2. The molecule has 1 heterocycles. The van der Waals surface area contributed by atoms with E-state index in [1.807, 2.05) is 18.2 Å². The molecular weight excluding hydrogens is 240 g/mol. The molecule has 1 atom stereocenters. The van der Waals surface area contributed by atoms with Crippen LogP contribution in [0.4, 0.5) is 0 Å². The van der Waals surface area contributed by atoms with Crippen LogP contribution in [0.3, 0.4) is 0 Å². The van der Waals surface area contributed by atoms with Gasteiger partial charge in [-0.2, -0.15) is 0 Å². The minimum Gasteiger partial charge on any atom is -0.492 e. The lowest BCUT2D eigenvalue weighted by atomic mass is 9.94. The normalized spacial score (nSPS) is 23.1. The van der Waals surface area contributed by atoms with Gasteiger partial charge in [0.05, 0.1) is 12.1 Å². The van der Waals surface area contributed by atoms with E-state index in [4.69, 9.17) is 10.5 Å². The summed E-state index contributed by atoms with van der Waals surface area (Å²) in [5.41, 5.74) is 7.13. The summed E-state index contributed by atoms with van der Waals surface area (Å²) in [6.07, 6.45) is 2.30. The molecule has 19 heavy (non-hydrogen) atoms. The molecule has 4 nitrogen and oxygen atoms in total. The van der Waals surface area contributed by atoms with Crippen molar-refractivity contribution >= 4 is 0 Å². The van der Waals surface area contributed by atoms with Gasteiger partial charge in [-0.05, 0) is 24.8 Å². The Hall–Kier alpha value is -1.10. The lowest BCUT2D eigenvalue weighted by molar-refractivity contribution is 0.112. The predicted molar refractivity (Wildman–Crippen MR) is 73.9 cm³/mol. The standard InChI is InChI=1S/C15H22N2O2/c16-15(11-18,13-5-6-13)10-17-7-8-19-14-4-2-1-3-12(14)9-17/h1-4,13,18H,5-11,16H2. The molecule has 0 radical (unpaired) electrons. The molecule has 0 saturated heterocycles. The summed E-state index contributed by atoms with van der Waals surface area (Å²) < 4.78 is 5.76. The van der Waals surface area contributed by atoms with Crippen molar-refractivity contribution in [3.63, 3.8) is 0 Å². The summed E-state index contributed by atoms with van der Waals surface area (Å²) >= 11 is 0. The highest BCUT2D eigenvalue weighted by Gasteiger charge is 2.42. The zero-order valence-corrected chi connectivity index (χ0v) is 11.2. The molecule has 0 spiro atoms. The van der Waals surface area contributed by atoms with E-state index in [0.717, 1.165) is 38.2 Å². The maximum Gasteiger partial charge on any atom is 0.123 e. The van der Waals surface area contributed by atoms with E-state index in [-0.39, 0.29) is 6.61 Å². The van der Waals surface area contributed by atoms with E-state index in [1.165, 1.54) is 5.56 Å². The van der Waals surface area contributed by atoms with E-state index in [9.17, 15) is 5.11 Å². The second-order valence-corrected chi connectivity index (χ2v) is 5.83. The van der Waals surface area contributed by atoms with Gasteiger partial charge in [0, 0.05) is 25.2 Å². The first-order valence-corrected chi connectivity index (χ1v) is 7.04. The minimum absolute atomic E-state index is 0.0661. The second kappa shape index (κ2) is 5.12. The summed E-state index contributed by atoms with van der Waals surface area (Å²) in [6.45, 7) is 3.20. The molecule has 0 bridgehead atoms. The van der Waals surface area contributed by atoms with Crippen molar-refractivity contribution in [3.8, 4) is 5.75 Å². The van der Waals surface area contributed by atoms with E-state index in [1.54, 1.807) is 0 Å². The van der Waals surface area contributed by atoms with Gasteiger partial charge in [-0.15, -0.1) is 0 Å². The van der Waals surface area contributed by atoms with Crippen molar-refractivity contribution in [2.45, 2.75) is 24.9 Å². The fourth-order valence-electron chi connectivity index (χ4n) is 2.90. The summed E-state index contributed by atoms with van der Waals surface area (Å²) in [5, 5.41) is 9.61. The lowest BCUT2D eigenvalue weighted by Crippen LogP contribution is -2.55. The van der Waals surface area contributed by atoms with E-state index < -0.39 is 5.54 Å². The largest absolute Gasteiger partial charge is 0.492 e. The minimum atomic E-state index is -0.445. The van der Waals surface area contributed by atoms with E-state index in [0.29, 0.717) is 12.5 Å². The quantitative estimate of drug-likeness (QED) is 0.849. The Kier molecular flexibility index (Phi) is 3.48. The molecule has 0 aromatic heterocycles. The molecule has 1 aromatic carbocycles. The average molecular weight is 262 g/mol. The number of benzene rings is 1. The Labute approximate surface area is 114 Å². The van der Waals surface area contributed by atoms with Crippen LogP contribution in [0.15, 0.2) is 24.3 Å². The van der Waals surface area contributed by atoms with Gasteiger partial charge in [0.2, 0.25) is 0 Å². The first-order chi connectivity index (χ1) is 9.21. The number of rotatable bonds is 4. The highest BCUT2D eigenvalue weighted by molar-refractivity contribution is 5.33. The van der Waals surface area contributed by atoms with Crippen molar-refractivity contribution in [1.29, 1.82) is 0 Å². The number of nitrogens with two attached hydrogens (primary N) is 1. The van der Waals surface area contributed by atoms with Crippen molar-refractivity contribution in [1.82, 2.24) is 4.90 Å². The smallest absolute Gasteiger partial charge is 0.123 e. The second-order valence-electron chi connectivity index (χ2n) is 5.83. The molecule has 0 amide bonds. The predicted octanol–water partition coefficient (Wildman–Crippen LogP) is 0.981. The van der Waals surface area contributed by atoms with Crippen LogP contribution in [0.25, 0.3) is 0 Å². The van der Waals surface area contributed by atoms with Gasteiger partial charge in [0.25, 0.3) is 0 Å². The van der Waals surface area contributed by atoms with Crippen molar-refractivity contribution in [3.05, 3.63) is 29.8 Å². The SMILES string of the molecule is NC(CO)(CN1CCOc2ccccc2C1)C1CC1. The number of fused-ring (bicyclic) bond motifs is 1. The third-order valence-corrected chi connectivity index (χ3v) is 4.23. The first-order valence-electron chi connectivity index (χ1n) is 7.04. The molecule has 1 aromatic rings. The molecule has 2 aliphatic rings. The van der Waals surface area contributed by atoms with Crippen molar-refractivity contribution < 1.29 is 9.84 Å². The molecule has 104 valence electrons. The summed E-state index contributed by atoms with van der Waals surface area (Å²) in [6, 6.07) is 8.15. The number of para-hydroxylation sites is 1. The number of hydrogen-bond donors (Lipinski definition) is 2. The third kappa shape index (κ3) is 2.76. The molecule has 1 fully saturated rings. The average Bonchev–Trinajstić information content (AvgIpc) is 3.25. The van der Waals surface area contributed by atoms with E-state index in [2.05, 4.69) is 11.0 Å². The van der Waals surface area contributed by atoms with Gasteiger partial charge in [0.1, 0.15) is 12.4 Å². The maximum absolute atomic E-state index is 9.61. The van der Waals surface area contributed by atoms with Crippen LogP contribution in [-0.4, -0.2) is 41.8 Å². The van der Waals surface area contributed by atoms with Gasteiger partial charge < -0.3 is 15.6 Å². The number of aliphatic hydroxyl groups is 1. The number of aliphatic hydroxyl groups excluding tert-OH is 1. The summed E-state index contributed by atoms with van der Waals surface area (Å²) in [4.78, 5) is 2.31. The van der Waals surface area contributed by atoms with Gasteiger partial charge in [0.15, 0.2) is 0 Å². The summed E-state index contributed by atoms with van der Waals surface area (Å²) in [7, 11) is 0. The van der Waals surface area contributed by atoms with Gasteiger partial charge in [-0.3, -0.25) is 4.90 Å². The topological polar surface area (TPSA) is 58.7 Å². The Balaban J connectivity index is 1.72. The Morgan fingerprint density at radius 3 is 2.89 bits per heavy atom. The molecule has 3 rings (SSSR count). The monoisotopic (exact) mass is 262 g/mol.